The largest absolute Gasteiger partial charge is 0.756 e. The van der Waals surface area contributed by atoms with Crippen molar-refractivity contribution in [1.82, 2.24) is 5.32 Å². The molecule has 0 fully saturated rings. The second kappa shape index (κ2) is 50.4. The predicted octanol–water partition coefficient (Wildman–Crippen LogP) is 17.4. The number of phosphoric acid groups is 1. The summed E-state index contributed by atoms with van der Waals surface area (Å²) in [6.07, 6.45) is 60.0. The molecule has 0 aliphatic heterocycles. The van der Waals surface area contributed by atoms with Gasteiger partial charge in [0.25, 0.3) is 7.82 Å². The van der Waals surface area contributed by atoms with Crippen molar-refractivity contribution in [3.8, 4) is 0 Å². The molecule has 0 spiro atoms. The lowest BCUT2D eigenvalue weighted by atomic mass is 10.0. The van der Waals surface area contributed by atoms with Crippen molar-refractivity contribution < 1.29 is 32.9 Å². The summed E-state index contributed by atoms with van der Waals surface area (Å²) in [7, 11) is 1.33. The summed E-state index contributed by atoms with van der Waals surface area (Å²) in [6.45, 7) is 4.78. The Morgan fingerprint density at radius 1 is 0.463 bits per heavy atom. The van der Waals surface area contributed by atoms with Crippen LogP contribution in [0.25, 0.3) is 0 Å². The molecule has 0 rings (SSSR count). The number of unbranched alkanes of at least 4 members (excludes halogenated alkanes) is 43. The molecule has 0 aromatic carbocycles. The van der Waals surface area contributed by atoms with Crippen LogP contribution in [0.5, 0.6) is 0 Å². The van der Waals surface area contributed by atoms with Crippen LogP contribution in [0.15, 0.2) is 0 Å². The monoisotopic (exact) mass is 971 g/mol. The fourth-order valence-corrected chi connectivity index (χ4v) is 10.1. The van der Waals surface area contributed by atoms with Gasteiger partial charge in [-0.3, -0.25) is 9.36 Å². The molecule has 0 saturated heterocycles. The highest BCUT2D eigenvalue weighted by atomic mass is 31.2. The van der Waals surface area contributed by atoms with Gasteiger partial charge in [-0.05, 0) is 12.8 Å². The predicted molar refractivity (Wildman–Crippen MR) is 289 cm³/mol. The average Bonchev–Trinajstić information content (AvgIpc) is 3.29. The van der Waals surface area contributed by atoms with Crippen LogP contribution in [0.4, 0.5) is 0 Å². The molecule has 0 aromatic rings. The van der Waals surface area contributed by atoms with Crippen molar-refractivity contribution in [2.24, 2.45) is 0 Å². The molecular weight excluding hydrogens is 852 g/mol. The fourth-order valence-electron chi connectivity index (χ4n) is 9.40. The van der Waals surface area contributed by atoms with Gasteiger partial charge in [0.1, 0.15) is 13.2 Å². The van der Waals surface area contributed by atoms with E-state index in [2.05, 4.69) is 19.2 Å². The van der Waals surface area contributed by atoms with Crippen molar-refractivity contribution in [3.63, 3.8) is 0 Å². The molecule has 67 heavy (non-hydrogen) atoms. The number of hydrogen-bond acceptors (Lipinski definition) is 6. The van der Waals surface area contributed by atoms with E-state index in [-0.39, 0.29) is 19.1 Å². The van der Waals surface area contributed by atoms with Crippen LogP contribution < -0.4 is 10.2 Å². The summed E-state index contributed by atoms with van der Waals surface area (Å²) in [5.41, 5.74) is 0. The zero-order valence-electron chi connectivity index (χ0n) is 45.9. The number of carbonyl (C=O) groups is 1. The van der Waals surface area contributed by atoms with Crippen LogP contribution in [0.3, 0.4) is 0 Å². The Morgan fingerprint density at radius 2 is 0.731 bits per heavy atom. The zero-order chi connectivity index (χ0) is 49.2. The van der Waals surface area contributed by atoms with Gasteiger partial charge in [-0.25, -0.2) is 0 Å². The summed E-state index contributed by atoms with van der Waals surface area (Å²) < 4.78 is 23.4. The minimum atomic E-state index is -4.57. The Hall–Kier alpha value is -0.500. The summed E-state index contributed by atoms with van der Waals surface area (Å²) >= 11 is 0. The van der Waals surface area contributed by atoms with Gasteiger partial charge in [-0.15, -0.1) is 0 Å². The average molecular weight is 972 g/mol. The molecule has 2 N–H and O–H groups in total. The number of hydrogen-bond donors (Lipinski definition) is 2. The van der Waals surface area contributed by atoms with E-state index in [1.807, 2.05) is 21.1 Å². The molecule has 1 amide bonds. The topological polar surface area (TPSA) is 108 Å². The summed E-state index contributed by atoms with van der Waals surface area (Å²) in [4.78, 5) is 25.5. The molecule has 0 aliphatic rings. The van der Waals surface area contributed by atoms with Crippen molar-refractivity contribution in [2.75, 3.05) is 40.9 Å². The Kier molecular flexibility index (Phi) is 50.1. The van der Waals surface area contributed by atoms with E-state index in [1.54, 1.807) is 0 Å². The molecule has 0 radical (unpaired) electrons. The van der Waals surface area contributed by atoms with Crippen molar-refractivity contribution in [2.45, 2.75) is 328 Å². The van der Waals surface area contributed by atoms with Gasteiger partial charge >= 0.3 is 0 Å². The van der Waals surface area contributed by atoms with Gasteiger partial charge < -0.3 is 28.8 Å². The molecule has 402 valence electrons. The minimum absolute atomic E-state index is 0.0166. The maximum atomic E-state index is 13.0. The van der Waals surface area contributed by atoms with Crippen LogP contribution in [0, 0.1) is 0 Å². The molecule has 3 atom stereocenters. The second-order valence-electron chi connectivity index (χ2n) is 22.1. The number of likely N-dealkylation sites (N-methyl/N-ethyl adjacent to an activating group) is 1. The quantitative estimate of drug-likeness (QED) is 0.0357. The van der Waals surface area contributed by atoms with Crippen LogP contribution in [0.1, 0.15) is 316 Å². The number of phosphoric ester groups is 1. The zero-order valence-corrected chi connectivity index (χ0v) is 46.8. The third-order valence-corrected chi connectivity index (χ3v) is 15.1. The third kappa shape index (κ3) is 53.1. The minimum Gasteiger partial charge on any atom is -0.756 e. The maximum Gasteiger partial charge on any atom is 0.268 e. The number of aliphatic hydroxyl groups is 1. The maximum absolute atomic E-state index is 13.0. The Labute approximate surface area is 419 Å². The smallest absolute Gasteiger partial charge is 0.268 e. The number of aliphatic hydroxyl groups excluding tert-OH is 1. The number of rotatable bonds is 56. The Balaban J connectivity index is 4.04. The molecule has 8 nitrogen and oxygen atoms in total. The molecule has 0 aliphatic carbocycles. The normalized spacial score (nSPS) is 13.8. The van der Waals surface area contributed by atoms with Crippen molar-refractivity contribution >= 4 is 13.7 Å². The van der Waals surface area contributed by atoms with Crippen molar-refractivity contribution in [1.29, 1.82) is 0 Å². The summed E-state index contributed by atoms with van der Waals surface area (Å²) in [5, 5.41) is 14.0. The van der Waals surface area contributed by atoms with Gasteiger partial charge in [0, 0.05) is 6.42 Å². The molecule has 0 saturated carbocycles. The summed E-state index contributed by atoms with van der Waals surface area (Å²) in [6, 6.07) is -0.795. The molecule has 0 bridgehead atoms. The first kappa shape index (κ1) is 66.5. The van der Waals surface area contributed by atoms with E-state index in [4.69, 9.17) is 9.05 Å². The standard InChI is InChI=1S/C58H119N2O6P/c1-6-8-10-12-14-16-18-20-22-24-25-26-27-28-29-30-31-32-33-34-35-36-37-39-41-43-45-47-49-51-57(61)56(55-66-67(63,64)65-54-53-60(3,4)5)59-58(62)52-50-48-46-44-42-40-38-23-21-19-17-15-13-11-9-7-2/h56-57,61H,6-55H2,1-5H3,(H-,59,62,63,64). The van der Waals surface area contributed by atoms with Crippen LogP contribution in [-0.4, -0.2) is 68.5 Å². The molecule has 0 aromatic heterocycles. The molecule has 0 heterocycles. The molecule has 9 heteroatoms. The van der Waals surface area contributed by atoms with E-state index in [9.17, 15) is 19.4 Å². The SMILES string of the molecule is CCCCCCCCCCCCCCCCCCCCCCCCCCCCCCCC(O)C(COP(=O)([O-])OCC[N+](C)(C)C)NC(=O)CCCCCCCCCCCCCCCCCC. The van der Waals surface area contributed by atoms with Gasteiger partial charge in [0.15, 0.2) is 0 Å². The first-order valence-electron chi connectivity index (χ1n) is 29.9. The lowest BCUT2D eigenvalue weighted by Gasteiger charge is -2.30. The van der Waals surface area contributed by atoms with E-state index in [0.717, 1.165) is 38.5 Å². The highest BCUT2D eigenvalue weighted by molar-refractivity contribution is 7.45. The number of amides is 1. The number of quaternary nitrogens is 1. The first-order chi connectivity index (χ1) is 32.5. The summed E-state index contributed by atoms with van der Waals surface area (Å²) in [5.74, 6) is -0.157. The van der Waals surface area contributed by atoms with Crippen LogP contribution in [0.2, 0.25) is 0 Å². The number of nitrogens with zero attached hydrogens (tertiary/aromatic N) is 1. The Morgan fingerprint density at radius 3 is 1.01 bits per heavy atom. The van der Waals surface area contributed by atoms with Crippen molar-refractivity contribution in [3.05, 3.63) is 0 Å². The highest BCUT2D eigenvalue weighted by Crippen LogP contribution is 2.38. The van der Waals surface area contributed by atoms with Gasteiger partial charge in [0.05, 0.1) is 39.9 Å². The lowest BCUT2D eigenvalue weighted by molar-refractivity contribution is -0.870. The fraction of sp³-hybridized carbons (Fsp3) is 0.983. The van der Waals surface area contributed by atoms with Gasteiger partial charge in [-0.1, -0.05) is 296 Å². The third-order valence-electron chi connectivity index (χ3n) is 14.1. The molecule has 3 unspecified atom stereocenters. The Bertz CT molecular complexity index is 1060. The number of carbonyl (C=O) groups excluding carboxylic acids is 1. The van der Waals surface area contributed by atoms with Gasteiger partial charge in [0.2, 0.25) is 5.91 Å². The second-order valence-corrected chi connectivity index (χ2v) is 23.5. The van der Waals surface area contributed by atoms with E-state index >= 15 is 0 Å². The first-order valence-corrected chi connectivity index (χ1v) is 31.3. The lowest BCUT2D eigenvalue weighted by Crippen LogP contribution is -2.46. The van der Waals surface area contributed by atoms with E-state index in [1.165, 1.54) is 250 Å². The van der Waals surface area contributed by atoms with E-state index in [0.29, 0.717) is 23.9 Å². The van der Waals surface area contributed by atoms with Gasteiger partial charge in [-0.2, -0.15) is 0 Å². The number of nitrogens with one attached hydrogen (secondary N) is 1. The van der Waals surface area contributed by atoms with Crippen LogP contribution >= 0.6 is 7.82 Å². The van der Waals surface area contributed by atoms with Crippen LogP contribution in [-0.2, 0) is 18.4 Å². The van der Waals surface area contributed by atoms with E-state index < -0.39 is 20.0 Å². The molecular formula is C58H119N2O6P. The highest BCUT2D eigenvalue weighted by Gasteiger charge is 2.24.